The molecule has 1 aromatic carbocycles. The molecule has 3 rings (SSSR count). The average Bonchev–Trinajstić information content (AvgIpc) is 2.76. The predicted molar refractivity (Wildman–Crippen MR) is 78.5 cm³/mol. The summed E-state index contributed by atoms with van der Waals surface area (Å²) in [5.41, 5.74) is 2.63. The summed E-state index contributed by atoms with van der Waals surface area (Å²) in [7, 11) is 0. The van der Waals surface area contributed by atoms with Gasteiger partial charge in [-0.2, -0.15) is 0 Å². The third-order valence-electron chi connectivity index (χ3n) is 4.07. The minimum Gasteiger partial charge on any atom is -0.374 e. The number of nitrogens with zero attached hydrogens (tertiary/aromatic N) is 2. The molecule has 2 aromatic rings. The van der Waals surface area contributed by atoms with E-state index in [1.807, 2.05) is 0 Å². The molecule has 0 spiro atoms. The number of rotatable bonds is 3. The highest BCUT2D eigenvalue weighted by molar-refractivity contribution is 5.81. The molecule has 1 aromatic heterocycles. The third-order valence-corrected chi connectivity index (χ3v) is 4.07. The van der Waals surface area contributed by atoms with E-state index in [0.29, 0.717) is 6.10 Å². The van der Waals surface area contributed by atoms with Crippen LogP contribution >= 0.6 is 0 Å². The van der Waals surface area contributed by atoms with E-state index < -0.39 is 0 Å². The molecule has 0 amide bonds. The van der Waals surface area contributed by atoms with Crippen molar-refractivity contribution in [2.45, 2.75) is 26.5 Å². The van der Waals surface area contributed by atoms with Crippen LogP contribution in [0.25, 0.3) is 10.9 Å². The standard InChI is InChI=1S/C16H22N2O/c1-3-17-8-9-19-15(11-17)12-18-13(2)10-14-6-4-5-7-16(14)18/h4-7,10,15H,3,8-9,11-12H2,1-2H3. The molecule has 0 saturated carbocycles. The molecule has 1 atom stereocenters. The van der Waals surface area contributed by atoms with Crippen LogP contribution in [0, 0.1) is 6.92 Å². The van der Waals surface area contributed by atoms with Crippen molar-refractivity contribution in [1.82, 2.24) is 9.47 Å². The van der Waals surface area contributed by atoms with Crippen LogP contribution in [-0.4, -0.2) is 41.8 Å². The lowest BCUT2D eigenvalue weighted by Crippen LogP contribution is -2.44. The van der Waals surface area contributed by atoms with Crippen LogP contribution in [0.3, 0.4) is 0 Å². The lowest BCUT2D eigenvalue weighted by atomic mass is 10.2. The molecule has 0 N–H and O–H groups in total. The zero-order chi connectivity index (χ0) is 13.2. The zero-order valence-electron chi connectivity index (χ0n) is 11.8. The molecule has 3 nitrogen and oxygen atoms in total. The Morgan fingerprint density at radius 1 is 1.32 bits per heavy atom. The second kappa shape index (κ2) is 5.35. The lowest BCUT2D eigenvalue weighted by molar-refractivity contribution is -0.0339. The van der Waals surface area contributed by atoms with Gasteiger partial charge >= 0.3 is 0 Å². The van der Waals surface area contributed by atoms with Crippen molar-refractivity contribution in [1.29, 1.82) is 0 Å². The van der Waals surface area contributed by atoms with E-state index in [0.717, 1.165) is 32.8 Å². The summed E-state index contributed by atoms with van der Waals surface area (Å²) in [4.78, 5) is 2.47. The van der Waals surface area contributed by atoms with Crippen molar-refractivity contribution in [2.24, 2.45) is 0 Å². The highest BCUT2D eigenvalue weighted by Crippen LogP contribution is 2.20. The SMILES string of the molecule is CCN1CCOC(Cn2c(C)cc3ccccc32)C1. The first kappa shape index (κ1) is 12.7. The molecule has 0 bridgehead atoms. The summed E-state index contributed by atoms with van der Waals surface area (Å²) < 4.78 is 8.31. The van der Waals surface area contributed by atoms with Crippen molar-refractivity contribution < 1.29 is 4.74 Å². The van der Waals surface area contributed by atoms with E-state index in [9.17, 15) is 0 Å². The minimum atomic E-state index is 0.309. The quantitative estimate of drug-likeness (QED) is 0.842. The van der Waals surface area contributed by atoms with Crippen molar-refractivity contribution in [3.63, 3.8) is 0 Å². The molecule has 102 valence electrons. The smallest absolute Gasteiger partial charge is 0.0881 e. The maximum atomic E-state index is 5.92. The number of benzene rings is 1. The Labute approximate surface area is 114 Å². The Morgan fingerprint density at radius 2 is 2.16 bits per heavy atom. The first-order valence-electron chi connectivity index (χ1n) is 7.16. The number of aromatic nitrogens is 1. The number of morpholine rings is 1. The number of para-hydroxylation sites is 1. The Hall–Kier alpha value is -1.32. The Morgan fingerprint density at radius 3 is 3.00 bits per heavy atom. The van der Waals surface area contributed by atoms with Crippen LogP contribution < -0.4 is 0 Å². The molecule has 3 heteroatoms. The van der Waals surface area contributed by atoms with Crippen LogP contribution in [0.5, 0.6) is 0 Å². The number of fused-ring (bicyclic) bond motifs is 1. The van der Waals surface area contributed by atoms with Crippen LogP contribution in [0.2, 0.25) is 0 Å². The summed E-state index contributed by atoms with van der Waals surface area (Å²) in [5, 5.41) is 1.32. The van der Waals surface area contributed by atoms with Gasteiger partial charge < -0.3 is 9.30 Å². The molecule has 1 aliphatic rings. The van der Waals surface area contributed by atoms with E-state index in [2.05, 4.69) is 53.6 Å². The molecule has 0 radical (unpaired) electrons. The summed E-state index contributed by atoms with van der Waals surface area (Å²) in [5.74, 6) is 0. The second-order valence-corrected chi connectivity index (χ2v) is 5.34. The van der Waals surface area contributed by atoms with Crippen LogP contribution in [0.4, 0.5) is 0 Å². The first-order chi connectivity index (χ1) is 9.28. The summed E-state index contributed by atoms with van der Waals surface area (Å²) in [6.07, 6.45) is 0.309. The molecule has 1 saturated heterocycles. The number of aryl methyl sites for hydroxylation is 1. The summed E-state index contributed by atoms with van der Waals surface area (Å²) in [6.45, 7) is 9.44. The van der Waals surface area contributed by atoms with Crippen molar-refractivity contribution in [2.75, 3.05) is 26.2 Å². The summed E-state index contributed by atoms with van der Waals surface area (Å²) >= 11 is 0. The molecule has 2 heterocycles. The Bertz CT molecular complexity index is 561. The number of ether oxygens (including phenoxy) is 1. The Kier molecular flexibility index (Phi) is 3.58. The van der Waals surface area contributed by atoms with E-state index in [-0.39, 0.29) is 0 Å². The molecular formula is C16H22N2O. The van der Waals surface area contributed by atoms with E-state index in [4.69, 9.17) is 4.74 Å². The van der Waals surface area contributed by atoms with Gasteiger partial charge in [-0.15, -0.1) is 0 Å². The minimum absolute atomic E-state index is 0.309. The maximum Gasteiger partial charge on any atom is 0.0881 e. The van der Waals surface area contributed by atoms with Gasteiger partial charge in [-0.25, -0.2) is 0 Å². The molecule has 19 heavy (non-hydrogen) atoms. The lowest BCUT2D eigenvalue weighted by Gasteiger charge is -2.32. The molecule has 0 aliphatic carbocycles. The maximum absolute atomic E-state index is 5.92. The number of hydrogen-bond donors (Lipinski definition) is 0. The highest BCUT2D eigenvalue weighted by Gasteiger charge is 2.20. The van der Waals surface area contributed by atoms with Gasteiger partial charge in [-0.05, 0) is 31.0 Å². The fourth-order valence-electron chi connectivity index (χ4n) is 2.97. The molecule has 1 aliphatic heterocycles. The van der Waals surface area contributed by atoms with Crippen molar-refractivity contribution in [3.8, 4) is 0 Å². The van der Waals surface area contributed by atoms with Crippen LogP contribution in [0.1, 0.15) is 12.6 Å². The number of likely N-dealkylation sites (N-methyl/N-ethyl adjacent to an activating group) is 1. The van der Waals surface area contributed by atoms with Crippen molar-refractivity contribution in [3.05, 3.63) is 36.0 Å². The van der Waals surface area contributed by atoms with Gasteiger partial charge in [0.15, 0.2) is 0 Å². The van der Waals surface area contributed by atoms with Gasteiger partial charge in [-0.3, -0.25) is 4.90 Å². The van der Waals surface area contributed by atoms with Gasteiger partial charge in [0.05, 0.1) is 19.3 Å². The van der Waals surface area contributed by atoms with E-state index >= 15 is 0 Å². The van der Waals surface area contributed by atoms with Gasteiger partial charge in [0.2, 0.25) is 0 Å². The average molecular weight is 258 g/mol. The molecular weight excluding hydrogens is 236 g/mol. The highest BCUT2D eigenvalue weighted by atomic mass is 16.5. The predicted octanol–water partition coefficient (Wildman–Crippen LogP) is 2.67. The fraction of sp³-hybridized carbons (Fsp3) is 0.500. The molecule has 1 fully saturated rings. The van der Waals surface area contributed by atoms with E-state index in [1.54, 1.807) is 0 Å². The third kappa shape index (κ3) is 2.53. The van der Waals surface area contributed by atoms with Crippen molar-refractivity contribution >= 4 is 10.9 Å². The van der Waals surface area contributed by atoms with Crippen LogP contribution in [-0.2, 0) is 11.3 Å². The zero-order valence-corrected chi connectivity index (χ0v) is 11.8. The first-order valence-corrected chi connectivity index (χ1v) is 7.16. The normalized spacial score (nSPS) is 21.1. The van der Waals surface area contributed by atoms with Gasteiger partial charge in [0.1, 0.15) is 0 Å². The number of hydrogen-bond acceptors (Lipinski definition) is 2. The van der Waals surface area contributed by atoms with Gasteiger partial charge in [-0.1, -0.05) is 25.1 Å². The summed E-state index contributed by atoms with van der Waals surface area (Å²) in [6, 6.07) is 10.8. The van der Waals surface area contributed by atoms with Gasteiger partial charge in [0.25, 0.3) is 0 Å². The fourth-order valence-corrected chi connectivity index (χ4v) is 2.97. The molecule has 1 unspecified atom stereocenters. The largest absolute Gasteiger partial charge is 0.374 e. The van der Waals surface area contributed by atoms with Crippen LogP contribution in [0.15, 0.2) is 30.3 Å². The monoisotopic (exact) mass is 258 g/mol. The van der Waals surface area contributed by atoms with Gasteiger partial charge in [0, 0.05) is 24.3 Å². The second-order valence-electron chi connectivity index (χ2n) is 5.34. The van der Waals surface area contributed by atoms with E-state index in [1.165, 1.54) is 16.6 Å². The topological polar surface area (TPSA) is 17.4 Å². The Balaban J connectivity index is 1.83.